The Morgan fingerprint density at radius 3 is 2.32 bits per heavy atom. The van der Waals surface area contributed by atoms with E-state index in [2.05, 4.69) is 40.7 Å². The van der Waals surface area contributed by atoms with Crippen LogP contribution in [0.3, 0.4) is 0 Å². The van der Waals surface area contributed by atoms with Gasteiger partial charge in [0.2, 0.25) is 6.29 Å². The summed E-state index contributed by atoms with van der Waals surface area (Å²) in [6, 6.07) is 0. The zero-order valence-corrected chi connectivity index (χ0v) is 27.9. The summed E-state index contributed by atoms with van der Waals surface area (Å²) in [5.74, 6) is -0.0983. The van der Waals surface area contributed by atoms with Crippen LogP contribution in [0.25, 0.3) is 0 Å². The van der Waals surface area contributed by atoms with Crippen molar-refractivity contribution in [3.63, 3.8) is 0 Å². The molecule has 0 radical (unpaired) electrons. The number of aliphatic hydroxyl groups excluding tert-OH is 4. The van der Waals surface area contributed by atoms with Crippen molar-refractivity contribution < 1.29 is 39.5 Å². The maximum atomic E-state index is 14.1. The molecule has 8 nitrogen and oxygen atoms in total. The van der Waals surface area contributed by atoms with E-state index in [0.717, 1.165) is 51.4 Å². The molecule has 4 N–H and O–H groups in total. The van der Waals surface area contributed by atoms with Crippen LogP contribution < -0.4 is 0 Å². The van der Waals surface area contributed by atoms with E-state index < -0.39 is 49.2 Å². The number of carbonyl (C=O) groups is 2. The molecule has 0 unspecified atom stereocenters. The summed E-state index contributed by atoms with van der Waals surface area (Å²) in [4.78, 5) is 27.0. The van der Waals surface area contributed by atoms with Gasteiger partial charge in [0.05, 0.1) is 12.5 Å². The predicted octanol–water partition coefficient (Wildman–Crippen LogP) is 5.01. The summed E-state index contributed by atoms with van der Waals surface area (Å²) in [6.07, 6.45) is 3.53. The summed E-state index contributed by atoms with van der Waals surface area (Å²) >= 11 is 0. The van der Waals surface area contributed by atoms with Crippen LogP contribution in [0.2, 0.25) is 0 Å². The Morgan fingerprint density at radius 1 is 0.955 bits per heavy atom. The molecule has 8 heteroatoms. The molecule has 1 aliphatic heterocycles. The number of hydrogen-bond donors (Lipinski definition) is 4. The Bertz CT molecular complexity index is 1200. The van der Waals surface area contributed by atoms with Crippen molar-refractivity contribution in [2.24, 2.45) is 39.4 Å². The van der Waals surface area contributed by atoms with Gasteiger partial charge in [-0.25, -0.2) is 0 Å². The quantitative estimate of drug-likeness (QED) is 0.232. The van der Waals surface area contributed by atoms with E-state index in [9.17, 15) is 30.0 Å². The largest absolute Gasteiger partial charge is 0.432 e. The van der Waals surface area contributed by atoms with Gasteiger partial charge >= 0.3 is 5.97 Å². The van der Waals surface area contributed by atoms with E-state index in [1.54, 1.807) is 11.1 Å². The zero-order valence-electron chi connectivity index (χ0n) is 27.9. The lowest BCUT2D eigenvalue weighted by Gasteiger charge is -2.60. The van der Waals surface area contributed by atoms with Crippen molar-refractivity contribution >= 4 is 11.8 Å². The van der Waals surface area contributed by atoms with Gasteiger partial charge in [0, 0.05) is 11.8 Å². The maximum Gasteiger partial charge on any atom is 0.311 e. The first-order chi connectivity index (χ1) is 20.5. The Labute approximate surface area is 263 Å². The lowest BCUT2D eigenvalue weighted by atomic mass is 9.43. The molecular weight excluding hydrogens is 560 g/mol. The minimum absolute atomic E-state index is 0.0261. The number of allylic oxidation sites excluding steroid dienone is 4. The fourth-order valence-electron chi connectivity index (χ4n) is 10.6. The molecule has 1 heterocycles. The van der Waals surface area contributed by atoms with Crippen molar-refractivity contribution in [1.82, 2.24) is 0 Å². The zero-order chi connectivity index (χ0) is 32.4. The van der Waals surface area contributed by atoms with Crippen molar-refractivity contribution in [3.8, 4) is 0 Å². The first-order valence-corrected chi connectivity index (χ1v) is 16.9. The molecule has 5 rings (SSSR count). The van der Waals surface area contributed by atoms with Crippen LogP contribution in [-0.4, -0.2) is 69.5 Å². The fraction of sp³-hybridized carbons (Fsp3) is 0.833. The van der Waals surface area contributed by atoms with Crippen molar-refractivity contribution in [1.29, 1.82) is 0 Å². The Hall–Kier alpha value is -1.58. The fourth-order valence-corrected chi connectivity index (χ4v) is 10.6. The van der Waals surface area contributed by atoms with E-state index in [1.807, 2.05) is 13.8 Å². The van der Waals surface area contributed by atoms with Crippen molar-refractivity contribution in [3.05, 3.63) is 22.8 Å². The number of carbonyl (C=O) groups excluding carboxylic acids is 2. The molecule has 11 atom stereocenters. The van der Waals surface area contributed by atoms with Gasteiger partial charge in [-0.15, -0.1) is 0 Å². The van der Waals surface area contributed by atoms with Crippen LogP contribution in [-0.2, 0) is 19.1 Å². The first-order valence-electron chi connectivity index (χ1n) is 16.9. The number of hydrogen-bond acceptors (Lipinski definition) is 8. The minimum Gasteiger partial charge on any atom is -0.432 e. The van der Waals surface area contributed by atoms with Gasteiger partial charge in [-0.3, -0.25) is 9.59 Å². The summed E-state index contributed by atoms with van der Waals surface area (Å²) in [5.41, 5.74) is 3.85. The number of fused-ring (bicyclic) bond motifs is 4. The van der Waals surface area contributed by atoms with Gasteiger partial charge in [-0.05, 0) is 99.7 Å². The number of Topliss-reactive ketones (excluding diaryl/α,β-unsaturated/α-hetero) is 1. The van der Waals surface area contributed by atoms with Crippen LogP contribution >= 0.6 is 0 Å². The standard InChI is InChI=1S/C36H56O8/c1-20(2)9-8-10-21(31(42)44-32-30(41)29(40)28(39)25(19-37)43-32)22-13-17-36(7)24-11-12-26-33(3,4)27(38)15-16-34(26,5)23(24)14-18-35(22,36)6/h9,21-22,25-26,28-30,32,37,39-41H,8,10-19H2,1-7H3/t21-,22-,25-,26-,28-,29+,30-,32+,34-,35-,36+/m1/s1. The highest BCUT2D eigenvalue weighted by molar-refractivity contribution is 5.85. The highest BCUT2D eigenvalue weighted by Gasteiger charge is 2.64. The summed E-state index contributed by atoms with van der Waals surface area (Å²) < 4.78 is 11.4. The van der Waals surface area contributed by atoms with E-state index in [-0.39, 0.29) is 27.6 Å². The normalized spacial score (nSPS) is 43.9. The monoisotopic (exact) mass is 616 g/mol. The summed E-state index contributed by atoms with van der Waals surface area (Å²) in [7, 11) is 0. The van der Waals surface area contributed by atoms with Crippen LogP contribution in [0.4, 0.5) is 0 Å². The predicted molar refractivity (Wildman–Crippen MR) is 166 cm³/mol. The number of rotatable bonds is 7. The Kier molecular flexibility index (Phi) is 9.13. The number of ether oxygens (including phenoxy) is 2. The molecule has 0 bridgehead atoms. The van der Waals surface area contributed by atoms with Crippen LogP contribution in [0.15, 0.2) is 22.8 Å². The van der Waals surface area contributed by atoms with Crippen LogP contribution in [0, 0.1) is 39.4 Å². The van der Waals surface area contributed by atoms with Crippen molar-refractivity contribution in [2.75, 3.05) is 6.61 Å². The highest BCUT2D eigenvalue weighted by Crippen LogP contribution is 2.72. The third kappa shape index (κ3) is 5.15. The van der Waals surface area contributed by atoms with E-state index in [0.29, 0.717) is 24.5 Å². The van der Waals surface area contributed by atoms with Crippen LogP contribution in [0.1, 0.15) is 113 Å². The number of esters is 1. The Morgan fingerprint density at radius 2 is 1.66 bits per heavy atom. The molecular formula is C36H56O8. The first kappa shape index (κ1) is 33.8. The summed E-state index contributed by atoms with van der Waals surface area (Å²) in [6.45, 7) is 15.0. The third-order valence-corrected chi connectivity index (χ3v) is 13.5. The molecule has 5 aliphatic rings. The second-order valence-electron chi connectivity index (χ2n) is 16.1. The molecule has 0 aromatic carbocycles. The Balaban J connectivity index is 1.45. The lowest BCUT2D eigenvalue weighted by molar-refractivity contribution is -0.294. The van der Waals surface area contributed by atoms with Gasteiger partial charge in [-0.1, -0.05) is 57.4 Å². The average Bonchev–Trinajstić information content (AvgIpc) is 3.24. The molecule has 0 spiro atoms. The molecule has 0 aromatic rings. The van der Waals surface area contributed by atoms with Gasteiger partial charge in [0.25, 0.3) is 0 Å². The molecule has 4 aliphatic carbocycles. The summed E-state index contributed by atoms with van der Waals surface area (Å²) in [5, 5.41) is 40.8. The SMILES string of the molecule is CC(C)=CCC[C@@H](C(=O)O[C@@H]1O[C@H](CO)[C@@H](O)[C@H](O)[C@H]1O)[C@H]1CC[C@@]2(C)C3=C(CC[C@]12C)[C@@]1(C)CCC(=O)C(C)(C)[C@H]1CC3. The average molecular weight is 617 g/mol. The van der Waals surface area contributed by atoms with E-state index in [4.69, 9.17) is 9.47 Å². The second-order valence-corrected chi connectivity index (χ2v) is 16.1. The van der Waals surface area contributed by atoms with E-state index >= 15 is 0 Å². The molecule has 1 saturated heterocycles. The molecule has 44 heavy (non-hydrogen) atoms. The minimum atomic E-state index is -1.62. The van der Waals surface area contributed by atoms with Gasteiger partial charge < -0.3 is 29.9 Å². The molecule has 248 valence electrons. The topological polar surface area (TPSA) is 134 Å². The van der Waals surface area contributed by atoms with Gasteiger partial charge in [-0.2, -0.15) is 0 Å². The lowest BCUT2D eigenvalue weighted by Crippen LogP contribution is -2.59. The molecule has 2 saturated carbocycles. The van der Waals surface area contributed by atoms with Crippen molar-refractivity contribution in [2.45, 2.75) is 143 Å². The second kappa shape index (κ2) is 11.9. The number of aliphatic hydroxyl groups is 4. The smallest absolute Gasteiger partial charge is 0.311 e. The maximum absolute atomic E-state index is 14.1. The van der Waals surface area contributed by atoms with E-state index in [1.165, 1.54) is 5.57 Å². The molecule has 0 aromatic heterocycles. The third-order valence-electron chi connectivity index (χ3n) is 13.5. The van der Waals surface area contributed by atoms with Gasteiger partial charge in [0.15, 0.2) is 0 Å². The number of ketones is 1. The molecule has 0 amide bonds. The van der Waals surface area contributed by atoms with Gasteiger partial charge in [0.1, 0.15) is 30.2 Å². The van der Waals surface area contributed by atoms with Crippen LogP contribution in [0.5, 0.6) is 0 Å². The highest BCUT2D eigenvalue weighted by atomic mass is 16.7. The molecule has 3 fully saturated rings.